The molecule has 16 nitrogen and oxygen atoms in total. The van der Waals surface area contributed by atoms with Crippen molar-refractivity contribution in [3.8, 4) is 0 Å². The van der Waals surface area contributed by atoms with Gasteiger partial charge >= 0.3 is 0 Å². The summed E-state index contributed by atoms with van der Waals surface area (Å²) in [5, 5.41) is 12.9. The lowest BCUT2D eigenvalue weighted by molar-refractivity contribution is -0.395. The molecule has 3 aliphatic rings. The number of aliphatic hydroxyl groups is 1. The van der Waals surface area contributed by atoms with Gasteiger partial charge in [0.15, 0.2) is 18.9 Å². The number of rotatable bonds is 38. The lowest BCUT2D eigenvalue weighted by Crippen LogP contribution is -2.68. The second-order valence-electron chi connectivity index (χ2n) is 27.6. The van der Waals surface area contributed by atoms with E-state index in [9.17, 15) is 5.11 Å². The van der Waals surface area contributed by atoms with Crippen LogP contribution in [0.1, 0.15) is 50.1 Å². The van der Waals surface area contributed by atoms with E-state index in [1.165, 1.54) is 0 Å². The summed E-state index contributed by atoms with van der Waals surface area (Å²) >= 11 is 0. The van der Waals surface area contributed by atoms with Crippen LogP contribution in [0.2, 0.25) is 25.7 Å². The van der Waals surface area contributed by atoms with Crippen molar-refractivity contribution >= 4 is 8.07 Å². The van der Waals surface area contributed by atoms with E-state index in [0.29, 0.717) is 6.61 Å². The van der Waals surface area contributed by atoms with Crippen molar-refractivity contribution in [1.29, 1.82) is 0 Å². The van der Waals surface area contributed by atoms with Gasteiger partial charge in [-0.2, -0.15) is 0 Å². The summed E-state index contributed by atoms with van der Waals surface area (Å²) in [6.07, 6.45) is -16.0. The number of benzene rings is 9. The first-order valence-corrected chi connectivity index (χ1v) is 39.7. The molecular formula is C86H98O16Si. The lowest BCUT2D eigenvalue weighted by atomic mass is 9.95. The third kappa shape index (κ3) is 23.0. The van der Waals surface area contributed by atoms with Crippen molar-refractivity contribution in [3.63, 3.8) is 0 Å². The Balaban J connectivity index is 0.994. The largest absolute Gasteiger partial charge is 0.387 e. The molecule has 0 aromatic heterocycles. The zero-order valence-corrected chi connectivity index (χ0v) is 60.1. The third-order valence-corrected chi connectivity index (χ3v) is 20.1. The van der Waals surface area contributed by atoms with Crippen LogP contribution in [0.25, 0.3) is 0 Å². The Bertz CT molecular complexity index is 3760. The monoisotopic (exact) mass is 1410 g/mol. The highest BCUT2D eigenvalue weighted by molar-refractivity contribution is 6.76. The molecule has 9 aromatic rings. The Labute approximate surface area is 607 Å². The average molecular weight is 1420 g/mol. The van der Waals surface area contributed by atoms with E-state index in [4.69, 9.17) is 71.1 Å². The maximum Gasteiger partial charge on any atom is 0.187 e. The molecule has 3 saturated heterocycles. The van der Waals surface area contributed by atoms with Crippen LogP contribution in [0, 0.1) is 0 Å². The lowest BCUT2D eigenvalue weighted by Gasteiger charge is -2.51. The van der Waals surface area contributed by atoms with Crippen molar-refractivity contribution in [2.45, 2.75) is 177 Å². The fourth-order valence-electron chi connectivity index (χ4n) is 12.8. The zero-order chi connectivity index (χ0) is 70.7. The predicted molar refractivity (Wildman–Crippen MR) is 394 cm³/mol. The van der Waals surface area contributed by atoms with Crippen LogP contribution in [0.3, 0.4) is 0 Å². The summed E-state index contributed by atoms with van der Waals surface area (Å²) in [5.74, 6) is 0. The SMILES string of the molecule is C[Si](C)(C)CCO[C@@H]1O[C@H](COCc2ccccc2)[C@@H](O[C@@H]2O[C@H](COCc3ccccc3)[C@H](OCc3ccccc3)[C@H](O[C@@H]3O[C@H](COCc4ccccc4)[C@@H](O)[C@H](OCc4ccccc4)[C@H]3OCc3ccccc3)[C@H]2OCc2ccccc2)[C@H](OCc2ccccc2)[C@H]1OCc1ccccc1. The van der Waals surface area contributed by atoms with Crippen LogP contribution in [0.4, 0.5) is 0 Å². The van der Waals surface area contributed by atoms with Crippen LogP contribution in [-0.2, 0) is 131 Å². The van der Waals surface area contributed by atoms with Crippen LogP contribution in [0.5, 0.6) is 0 Å². The highest BCUT2D eigenvalue weighted by Gasteiger charge is 2.57. The van der Waals surface area contributed by atoms with Crippen molar-refractivity contribution in [2.24, 2.45) is 0 Å². The summed E-state index contributed by atoms with van der Waals surface area (Å²) < 4.78 is 108. The predicted octanol–water partition coefficient (Wildman–Crippen LogP) is 14.8. The van der Waals surface area contributed by atoms with Gasteiger partial charge in [-0.05, 0) is 56.1 Å². The van der Waals surface area contributed by atoms with Gasteiger partial charge in [-0.3, -0.25) is 0 Å². The number of hydrogen-bond acceptors (Lipinski definition) is 16. The van der Waals surface area contributed by atoms with Crippen molar-refractivity contribution in [2.75, 3.05) is 26.4 Å². The maximum atomic E-state index is 12.9. The summed E-state index contributed by atoms with van der Waals surface area (Å²) in [6.45, 7) is 8.96. The minimum atomic E-state index is -1.64. The molecule has 3 heterocycles. The molecule has 0 aliphatic carbocycles. The quantitative estimate of drug-likeness (QED) is 0.0364. The van der Waals surface area contributed by atoms with Crippen LogP contribution in [0.15, 0.2) is 273 Å². The second kappa shape index (κ2) is 39.6. The third-order valence-electron chi connectivity index (χ3n) is 18.4. The zero-order valence-electron chi connectivity index (χ0n) is 59.1. The molecule has 0 bridgehead atoms. The Kier molecular flexibility index (Phi) is 28.9. The summed E-state index contributed by atoms with van der Waals surface area (Å²) in [4.78, 5) is 0. The molecule has 12 rings (SSSR count). The van der Waals surface area contributed by atoms with Crippen LogP contribution < -0.4 is 0 Å². The van der Waals surface area contributed by atoms with E-state index in [0.717, 1.165) is 56.1 Å². The van der Waals surface area contributed by atoms with E-state index in [-0.39, 0.29) is 79.3 Å². The van der Waals surface area contributed by atoms with Crippen LogP contribution in [-0.4, -0.2) is 132 Å². The van der Waals surface area contributed by atoms with E-state index < -0.39 is 100 Å². The van der Waals surface area contributed by atoms with Gasteiger partial charge in [0.05, 0.1) is 79.3 Å². The first-order chi connectivity index (χ1) is 50.6. The standard InChI is InChI=1S/C86H98O16Si/c1-103(2,3)50-49-91-84-82(96-58-70-45-27-11-28-46-70)79(94-56-68-41-23-9-24-42-68)77(74(99-84)62-90-53-65-35-17-6-18-36-65)101-86-83(97-59-71-47-29-12-30-48-71)80(76(92-54-66-37-19-7-20-38-66)73(100-86)61-89-52-64-33-15-5-16-34-64)102-85-81(95-57-69-43-25-10-26-44-69)78(93-55-67-39-21-8-22-40-67)75(87)72(98-85)60-88-51-63-31-13-4-14-32-63/h4-48,72-87H,49-62H2,1-3H3/t72-,73-,74-,75-,76+,77-,78+,79+,80+,81-,82-,83-,84-,85+,86+/m1/s1. The molecule has 0 spiro atoms. The molecule has 542 valence electrons. The molecule has 9 aromatic carbocycles. The minimum Gasteiger partial charge on any atom is -0.387 e. The summed E-state index contributed by atoms with van der Waals surface area (Å²) in [7, 11) is -1.64. The van der Waals surface area contributed by atoms with Gasteiger partial charge in [-0.15, -0.1) is 0 Å². The normalized spacial score (nSPS) is 25.1. The van der Waals surface area contributed by atoms with Crippen LogP contribution >= 0.6 is 0 Å². The van der Waals surface area contributed by atoms with Gasteiger partial charge in [0, 0.05) is 14.7 Å². The van der Waals surface area contributed by atoms with E-state index in [2.05, 4.69) is 19.6 Å². The van der Waals surface area contributed by atoms with Gasteiger partial charge in [0.2, 0.25) is 0 Å². The number of ether oxygens (including phenoxy) is 15. The van der Waals surface area contributed by atoms with Gasteiger partial charge in [0.1, 0.15) is 73.2 Å². The van der Waals surface area contributed by atoms with Gasteiger partial charge in [-0.1, -0.05) is 293 Å². The van der Waals surface area contributed by atoms with E-state index in [1.807, 2.05) is 273 Å². The van der Waals surface area contributed by atoms with E-state index in [1.54, 1.807) is 0 Å². The summed E-state index contributed by atoms with van der Waals surface area (Å²) in [6, 6.07) is 90.5. The molecule has 0 radical (unpaired) electrons. The Hall–Kier alpha value is -7.44. The smallest absolute Gasteiger partial charge is 0.187 e. The molecule has 0 amide bonds. The first-order valence-electron chi connectivity index (χ1n) is 36.0. The van der Waals surface area contributed by atoms with Gasteiger partial charge in [-0.25, -0.2) is 0 Å². The molecule has 0 unspecified atom stereocenters. The van der Waals surface area contributed by atoms with Crippen molar-refractivity contribution < 1.29 is 76.2 Å². The van der Waals surface area contributed by atoms with E-state index >= 15 is 0 Å². The molecule has 1 N–H and O–H groups in total. The molecule has 3 fully saturated rings. The number of hydrogen-bond donors (Lipinski definition) is 1. The summed E-state index contributed by atoms with van der Waals surface area (Å²) in [5.41, 5.74) is 8.30. The molecular weight excluding hydrogens is 1320 g/mol. The molecule has 103 heavy (non-hydrogen) atoms. The highest BCUT2D eigenvalue weighted by Crippen LogP contribution is 2.40. The van der Waals surface area contributed by atoms with Gasteiger partial charge in [0.25, 0.3) is 0 Å². The molecule has 17 heteroatoms. The highest BCUT2D eigenvalue weighted by atomic mass is 28.3. The van der Waals surface area contributed by atoms with Gasteiger partial charge < -0.3 is 76.2 Å². The number of aliphatic hydroxyl groups excluding tert-OH is 1. The molecule has 0 saturated carbocycles. The Morgan fingerprint density at radius 2 is 0.515 bits per heavy atom. The van der Waals surface area contributed by atoms with Crippen molar-refractivity contribution in [3.05, 3.63) is 323 Å². The average Bonchev–Trinajstić information content (AvgIpc) is 0.763. The topological polar surface area (TPSA) is 159 Å². The Morgan fingerprint density at radius 3 is 0.864 bits per heavy atom. The maximum absolute atomic E-state index is 12.9. The van der Waals surface area contributed by atoms with Crippen molar-refractivity contribution in [1.82, 2.24) is 0 Å². The second-order valence-corrected chi connectivity index (χ2v) is 33.2. The minimum absolute atomic E-state index is 0.00898. The first kappa shape index (κ1) is 75.2. The fourth-order valence-corrected chi connectivity index (χ4v) is 13.6. The fraction of sp³-hybridized carbons (Fsp3) is 0.372. The molecule has 15 atom stereocenters. The molecule has 3 aliphatic heterocycles. The Morgan fingerprint density at radius 1 is 0.262 bits per heavy atom.